The summed E-state index contributed by atoms with van der Waals surface area (Å²) in [4.78, 5) is 30.1. The number of allylic oxidation sites excluding steroid dienone is 2. The van der Waals surface area contributed by atoms with Gasteiger partial charge in [0.1, 0.15) is 34.5 Å². The molecule has 2 aliphatic rings. The van der Waals surface area contributed by atoms with Crippen molar-refractivity contribution in [3.05, 3.63) is 108 Å². The van der Waals surface area contributed by atoms with Crippen molar-refractivity contribution >= 4 is 40.1 Å². The van der Waals surface area contributed by atoms with Crippen LogP contribution in [0, 0.1) is 17.6 Å². The van der Waals surface area contributed by atoms with Crippen LogP contribution in [0.1, 0.15) is 31.9 Å². The maximum absolute atomic E-state index is 14.5. The third-order valence-electron chi connectivity index (χ3n) is 9.22. The predicted molar refractivity (Wildman–Crippen MR) is 191 cm³/mol. The first-order valence-electron chi connectivity index (χ1n) is 16.7. The van der Waals surface area contributed by atoms with Crippen LogP contribution in [0.25, 0.3) is 22.6 Å². The van der Waals surface area contributed by atoms with Crippen molar-refractivity contribution in [2.45, 2.75) is 32.3 Å². The average molecular weight is 694 g/mol. The number of rotatable bonds is 9. The molecule has 7 rings (SSSR count). The Hall–Kier alpha value is -5.82. The summed E-state index contributed by atoms with van der Waals surface area (Å²) in [5.41, 5.74) is 4.49. The van der Waals surface area contributed by atoms with Crippen LogP contribution in [0.5, 0.6) is 5.75 Å². The second-order valence-corrected chi connectivity index (χ2v) is 12.5. The Balaban J connectivity index is 1.24. The molecule has 4 heterocycles. The lowest BCUT2D eigenvalue weighted by Gasteiger charge is -2.31. The molecule has 11 nitrogen and oxygen atoms in total. The van der Waals surface area contributed by atoms with E-state index in [1.54, 1.807) is 25.4 Å². The number of para-hydroxylation sites is 1. The lowest BCUT2D eigenvalue weighted by Crippen LogP contribution is -2.35. The predicted octanol–water partition coefficient (Wildman–Crippen LogP) is 6.75. The molecule has 5 aromatic rings. The van der Waals surface area contributed by atoms with E-state index in [-0.39, 0.29) is 17.6 Å². The summed E-state index contributed by atoms with van der Waals surface area (Å²) in [5.74, 6) is -1.40. The van der Waals surface area contributed by atoms with Gasteiger partial charge in [-0.3, -0.25) is 9.20 Å². The van der Waals surface area contributed by atoms with E-state index < -0.39 is 23.2 Å². The molecule has 51 heavy (non-hydrogen) atoms. The number of nitrogens with one attached hydrogen (secondary N) is 2. The fourth-order valence-electron chi connectivity index (χ4n) is 6.68. The highest BCUT2D eigenvalue weighted by Gasteiger charge is 2.30. The second-order valence-electron chi connectivity index (χ2n) is 12.5. The number of hydrogen-bond donors (Lipinski definition) is 3. The minimum Gasteiger partial charge on any atom is -0.500 e. The van der Waals surface area contributed by atoms with E-state index in [0.29, 0.717) is 52.3 Å². The second kappa shape index (κ2) is 14.2. The summed E-state index contributed by atoms with van der Waals surface area (Å²) in [6.45, 7) is 3.44. The Morgan fingerprint density at radius 3 is 2.51 bits per heavy atom. The van der Waals surface area contributed by atoms with E-state index in [0.717, 1.165) is 49.3 Å². The van der Waals surface area contributed by atoms with Crippen LogP contribution >= 0.6 is 0 Å². The molecule has 1 fully saturated rings. The zero-order valence-electron chi connectivity index (χ0n) is 28.4. The molecule has 3 N–H and O–H groups in total. The lowest BCUT2D eigenvalue weighted by atomic mass is 9.87. The number of imidazole rings is 1. The largest absolute Gasteiger partial charge is 0.500 e. The van der Waals surface area contributed by atoms with Gasteiger partial charge in [-0.25, -0.2) is 23.7 Å². The van der Waals surface area contributed by atoms with Crippen molar-refractivity contribution in [2.75, 3.05) is 42.8 Å². The van der Waals surface area contributed by atoms with Gasteiger partial charge in [-0.05, 0) is 73.4 Å². The number of halogens is 2. The monoisotopic (exact) mass is 693 g/mol. The van der Waals surface area contributed by atoms with Crippen molar-refractivity contribution in [3.8, 4) is 17.1 Å². The number of carbonyl (C=O) groups excluding carboxylic acids is 1. The quantitative estimate of drug-likeness (QED) is 0.154. The molecule has 1 saturated heterocycles. The van der Waals surface area contributed by atoms with E-state index in [9.17, 15) is 18.7 Å². The fourth-order valence-corrected chi connectivity index (χ4v) is 6.68. The average Bonchev–Trinajstić information content (AvgIpc) is 3.53. The van der Waals surface area contributed by atoms with Crippen molar-refractivity contribution in [3.63, 3.8) is 0 Å². The number of hydrogen-bond acceptors (Lipinski definition) is 9. The molecular formula is C38H37F2N7O4. The summed E-state index contributed by atoms with van der Waals surface area (Å²) >= 11 is 0. The molecular weight excluding hydrogens is 656 g/mol. The number of nitrogens with zero attached hydrogens (tertiary/aromatic N) is 5. The molecule has 0 spiro atoms. The number of methoxy groups -OCH3 is 2. The Morgan fingerprint density at radius 1 is 0.980 bits per heavy atom. The topological polar surface area (TPSA) is 126 Å². The number of aliphatic hydroxyl groups is 1. The van der Waals surface area contributed by atoms with Gasteiger partial charge >= 0.3 is 0 Å². The van der Waals surface area contributed by atoms with Crippen molar-refractivity contribution in [1.82, 2.24) is 19.4 Å². The van der Waals surface area contributed by atoms with Crippen molar-refractivity contribution in [2.24, 2.45) is 5.92 Å². The number of amides is 1. The first kappa shape index (κ1) is 33.7. The summed E-state index contributed by atoms with van der Waals surface area (Å²) in [7, 11) is 3.07. The van der Waals surface area contributed by atoms with Crippen LogP contribution in [0.4, 0.5) is 31.8 Å². The molecule has 1 aliphatic carbocycles. The molecule has 0 bridgehead atoms. The van der Waals surface area contributed by atoms with E-state index >= 15 is 0 Å². The molecule has 1 aliphatic heterocycles. The standard InChI is InChI=1S/C38H37F2N7O4/c1-22-19-23(20-26(36(22)51-3)37(49)45-34-27(39)7-6-8-28(34)40)33-35(47-16-5-4-9-32(47)44-33)30-12-15-41-38(43-30)42-29-11-10-24(21-31(29)50-2)46-17-13-25(48)14-18-46/h4-12,15-16,20-22,25,48H,13-14,17-19H2,1-3H3,(H,45,49)(H,41,42,43). The number of carbonyl (C=O) groups is 1. The molecule has 3 aromatic heterocycles. The van der Waals surface area contributed by atoms with Crippen LogP contribution in [-0.2, 0) is 9.53 Å². The molecule has 13 heteroatoms. The molecule has 0 radical (unpaired) electrons. The maximum Gasteiger partial charge on any atom is 0.259 e. The Morgan fingerprint density at radius 2 is 1.76 bits per heavy atom. The lowest BCUT2D eigenvalue weighted by molar-refractivity contribution is -0.112. The van der Waals surface area contributed by atoms with Crippen LogP contribution in [0.2, 0.25) is 0 Å². The molecule has 262 valence electrons. The first-order valence-corrected chi connectivity index (χ1v) is 16.7. The van der Waals surface area contributed by atoms with Gasteiger partial charge in [0.15, 0.2) is 0 Å². The number of aliphatic hydroxyl groups excluding tert-OH is 1. The number of pyridine rings is 1. The van der Waals surface area contributed by atoms with Gasteiger partial charge in [0.05, 0.1) is 48.7 Å². The maximum atomic E-state index is 14.5. The molecule has 1 atom stereocenters. The van der Waals surface area contributed by atoms with Crippen molar-refractivity contribution < 1.29 is 28.2 Å². The minimum absolute atomic E-state index is 0.137. The minimum atomic E-state index is -0.886. The van der Waals surface area contributed by atoms with Gasteiger partial charge in [-0.15, -0.1) is 0 Å². The van der Waals surface area contributed by atoms with Gasteiger partial charge in [0.2, 0.25) is 5.95 Å². The number of benzene rings is 2. The Labute approximate surface area is 293 Å². The van der Waals surface area contributed by atoms with Gasteiger partial charge in [-0.1, -0.05) is 19.1 Å². The van der Waals surface area contributed by atoms with Crippen LogP contribution in [0.15, 0.2) is 90.5 Å². The van der Waals surface area contributed by atoms with E-state index in [4.69, 9.17) is 19.4 Å². The fraction of sp³-hybridized carbons (Fsp3) is 0.263. The normalized spacial score (nSPS) is 16.6. The molecule has 0 saturated carbocycles. The SMILES string of the molecule is COC1=C(C(=O)Nc2c(F)cccc2F)C=C(c2nc3ccccn3c2-c2ccnc(Nc3ccc(N4CCC(O)CC4)cc3OC)n2)CC1C. The Kier molecular flexibility index (Phi) is 9.37. The van der Waals surface area contributed by atoms with Gasteiger partial charge < -0.3 is 30.1 Å². The van der Waals surface area contributed by atoms with Gasteiger partial charge in [-0.2, -0.15) is 0 Å². The zero-order chi connectivity index (χ0) is 35.6. The third-order valence-corrected chi connectivity index (χ3v) is 9.22. The number of aromatic nitrogens is 4. The van der Waals surface area contributed by atoms with E-state index in [2.05, 4.69) is 20.5 Å². The highest BCUT2D eigenvalue weighted by Crippen LogP contribution is 2.40. The highest BCUT2D eigenvalue weighted by molar-refractivity contribution is 6.08. The van der Waals surface area contributed by atoms with Crippen LogP contribution in [0.3, 0.4) is 0 Å². The van der Waals surface area contributed by atoms with Gasteiger partial charge in [0.25, 0.3) is 5.91 Å². The molecule has 1 amide bonds. The molecule has 2 aromatic carbocycles. The zero-order valence-corrected chi connectivity index (χ0v) is 28.4. The van der Waals surface area contributed by atoms with Crippen molar-refractivity contribution in [1.29, 1.82) is 0 Å². The van der Waals surface area contributed by atoms with Crippen LogP contribution < -0.4 is 20.3 Å². The number of ether oxygens (including phenoxy) is 2. The summed E-state index contributed by atoms with van der Waals surface area (Å²) in [6, 6.07) is 16.7. The summed E-state index contributed by atoms with van der Waals surface area (Å²) in [6.07, 6.45) is 6.84. The van der Waals surface area contributed by atoms with Crippen LogP contribution in [-0.4, -0.2) is 63.8 Å². The number of anilines is 4. The number of piperidine rings is 1. The van der Waals surface area contributed by atoms with E-state index in [1.165, 1.54) is 13.2 Å². The van der Waals surface area contributed by atoms with Gasteiger partial charge in [0, 0.05) is 43.2 Å². The number of fused-ring (bicyclic) bond motifs is 1. The summed E-state index contributed by atoms with van der Waals surface area (Å²) < 4.78 is 42.3. The third kappa shape index (κ3) is 6.72. The smallest absolute Gasteiger partial charge is 0.259 e. The molecule has 1 unspecified atom stereocenters. The first-order chi connectivity index (χ1) is 24.7. The Bertz CT molecular complexity index is 2150. The highest BCUT2D eigenvalue weighted by atomic mass is 19.1. The van der Waals surface area contributed by atoms with E-state index in [1.807, 2.05) is 53.9 Å². The summed E-state index contributed by atoms with van der Waals surface area (Å²) in [5, 5.41) is 15.6.